The van der Waals surface area contributed by atoms with E-state index in [-0.39, 0.29) is 17.7 Å². The largest absolute Gasteiger partial charge is 0.508 e. The van der Waals surface area contributed by atoms with Gasteiger partial charge in [0, 0.05) is 43.3 Å². The molecule has 0 amide bonds. The lowest BCUT2D eigenvalue weighted by Gasteiger charge is -2.40. The summed E-state index contributed by atoms with van der Waals surface area (Å²) in [6.07, 6.45) is 0. The molecule has 1 aromatic heterocycles. The van der Waals surface area contributed by atoms with E-state index in [1.54, 1.807) is 24.3 Å². The smallest absolute Gasteiger partial charge is 0.231 e. The SMILES string of the molecule is C[C@H]1CN(Cc2ccccc2O)CCN1c1nc(N)nc(-c2cccc(O)c2)n1. The third kappa shape index (κ3) is 4.22. The monoisotopic (exact) mass is 392 g/mol. The van der Waals surface area contributed by atoms with Gasteiger partial charge in [0.2, 0.25) is 11.9 Å². The molecule has 3 aromatic rings. The van der Waals surface area contributed by atoms with Gasteiger partial charge in [-0.3, -0.25) is 4.90 Å². The molecule has 0 aliphatic carbocycles. The molecule has 8 nitrogen and oxygen atoms in total. The summed E-state index contributed by atoms with van der Waals surface area (Å²) >= 11 is 0. The average molecular weight is 392 g/mol. The number of anilines is 2. The maximum absolute atomic E-state index is 10.0. The minimum absolute atomic E-state index is 0.147. The number of aromatic hydroxyl groups is 2. The quantitative estimate of drug-likeness (QED) is 0.620. The molecule has 29 heavy (non-hydrogen) atoms. The molecule has 0 bridgehead atoms. The van der Waals surface area contributed by atoms with Gasteiger partial charge in [0.15, 0.2) is 5.82 Å². The predicted molar refractivity (Wildman–Crippen MR) is 112 cm³/mol. The summed E-state index contributed by atoms with van der Waals surface area (Å²) < 4.78 is 0. The molecule has 1 fully saturated rings. The Hall–Kier alpha value is -3.39. The first-order chi connectivity index (χ1) is 14.0. The van der Waals surface area contributed by atoms with E-state index < -0.39 is 0 Å². The first-order valence-corrected chi connectivity index (χ1v) is 9.56. The molecule has 0 spiro atoms. The minimum Gasteiger partial charge on any atom is -0.508 e. The number of piperazine rings is 1. The Bertz CT molecular complexity index is 1010. The van der Waals surface area contributed by atoms with Crippen molar-refractivity contribution >= 4 is 11.9 Å². The standard InChI is InChI=1S/C21H24N6O2/c1-14-12-26(13-16-5-2-3-8-18(16)29)9-10-27(14)21-24-19(23-20(22)25-21)15-6-4-7-17(28)11-15/h2-8,11,14,28-29H,9-10,12-13H2,1H3,(H2,22,23,24,25)/t14-/m0/s1. The summed E-state index contributed by atoms with van der Waals surface area (Å²) in [5.41, 5.74) is 7.55. The van der Waals surface area contributed by atoms with Crippen molar-refractivity contribution in [3.8, 4) is 22.9 Å². The van der Waals surface area contributed by atoms with E-state index >= 15 is 0 Å². The van der Waals surface area contributed by atoms with Crippen LogP contribution in [0.3, 0.4) is 0 Å². The van der Waals surface area contributed by atoms with Gasteiger partial charge in [-0.1, -0.05) is 30.3 Å². The first kappa shape index (κ1) is 18.9. The number of hydrogen-bond acceptors (Lipinski definition) is 8. The van der Waals surface area contributed by atoms with Crippen LogP contribution in [0.4, 0.5) is 11.9 Å². The minimum atomic E-state index is 0.147. The van der Waals surface area contributed by atoms with E-state index in [1.165, 1.54) is 0 Å². The Morgan fingerprint density at radius 2 is 1.86 bits per heavy atom. The molecule has 1 saturated heterocycles. The normalized spacial score (nSPS) is 17.4. The average Bonchev–Trinajstić information content (AvgIpc) is 2.69. The van der Waals surface area contributed by atoms with Gasteiger partial charge in [0.25, 0.3) is 0 Å². The van der Waals surface area contributed by atoms with Crippen LogP contribution in [0.1, 0.15) is 12.5 Å². The van der Waals surface area contributed by atoms with Crippen LogP contribution in [0, 0.1) is 0 Å². The molecule has 2 heterocycles. The van der Waals surface area contributed by atoms with Gasteiger partial charge in [-0.05, 0) is 25.1 Å². The Morgan fingerprint density at radius 1 is 1.03 bits per heavy atom. The van der Waals surface area contributed by atoms with Crippen molar-refractivity contribution in [2.24, 2.45) is 0 Å². The fourth-order valence-corrected chi connectivity index (χ4v) is 3.64. The van der Waals surface area contributed by atoms with E-state index in [0.717, 1.165) is 25.2 Å². The molecule has 4 N–H and O–H groups in total. The van der Waals surface area contributed by atoms with E-state index in [0.29, 0.717) is 29.6 Å². The number of para-hydroxylation sites is 1. The number of nitrogen functional groups attached to an aromatic ring is 1. The summed E-state index contributed by atoms with van der Waals surface area (Å²) in [4.78, 5) is 17.6. The van der Waals surface area contributed by atoms with Gasteiger partial charge >= 0.3 is 0 Å². The van der Waals surface area contributed by atoms with Crippen molar-refractivity contribution in [3.05, 3.63) is 54.1 Å². The lowest BCUT2D eigenvalue weighted by atomic mass is 10.1. The fourth-order valence-electron chi connectivity index (χ4n) is 3.64. The number of benzene rings is 2. The number of phenols is 2. The van der Waals surface area contributed by atoms with E-state index in [9.17, 15) is 10.2 Å². The van der Waals surface area contributed by atoms with Crippen LogP contribution in [0.2, 0.25) is 0 Å². The predicted octanol–water partition coefficient (Wildman–Crippen LogP) is 2.24. The molecule has 1 atom stereocenters. The van der Waals surface area contributed by atoms with Crippen molar-refractivity contribution in [1.82, 2.24) is 19.9 Å². The Balaban J connectivity index is 1.52. The van der Waals surface area contributed by atoms with Crippen LogP contribution in [-0.4, -0.2) is 55.7 Å². The number of aromatic nitrogens is 3. The molecule has 8 heteroatoms. The highest BCUT2D eigenvalue weighted by Crippen LogP contribution is 2.25. The summed E-state index contributed by atoms with van der Waals surface area (Å²) in [7, 11) is 0. The van der Waals surface area contributed by atoms with E-state index in [4.69, 9.17) is 5.73 Å². The van der Waals surface area contributed by atoms with Crippen LogP contribution >= 0.6 is 0 Å². The van der Waals surface area contributed by atoms with Gasteiger partial charge < -0.3 is 20.8 Å². The lowest BCUT2D eigenvalue weighted by molar-refractivity contribution is 0.217. The van der Waals surface area contributed by atoms with E-state index in [1.807, 2.05) is 24.3 Å². The van der Waals surface area contributed by atoms with Gasteiger partial charge in [-0.15, -0.1) is 0 Å². The molecule has 0 radical (unpaired) electrons. The summed E-state index contributed by atoms with van der Waals surface area (Å²) in [6, 6.07) is 14.4. The molecular weight excluding hydrogens is 368 g/mol. The molecule has 150 valence electrons. The van der Waals surface area contributed by atoms with E-state index in [2.05, 4.69) is 31.7 Å². The molecule has 1 aliphatic rings. The second-order valence-corrected chi connectivity index (χ2v) is 7.27. The van der Waals surface area contributed by atoms with Crippen LogP contribution in [0.15, 0.2) is 48.5 Å². The highest BCUT2D eigenvalue weighted by atomic mass is 16.3. The zero-order chi connectivity index (χ0) is 20.4. The summed E-state index contributed by atoms with van der Waals surface area (Å²) in [6.45, 7) is 5.16. The molecule has 0 unspecified atom stereocenters. The van der Waals surface area contributed by atoms with Crippen LogP contribution in [-0.2, 0) is 6.54 Å². The molecule has 0 saturated carbocycles. The van der Waals surface area contributed by atoms with Gasteiger partial charge in [-0.2, -0.15) is 15.0 Å². The van der Waals surface area contributed by atoms with Crippen LogP contribution in [0.5, 0.6) is 11.5 Å². The van der Waals surface area contributed by atoms with Crippen LogP contribution < -0.4 is 10.6 Å². The Kier molecular flexibility index (Phi) is 5.18. The maximum Gasteiger partial charge on any atom is 0.231 e. The topological polar surface area (TPSA) is 112 Å². The molecule has 1 aliphatic heterocycles. The third-order valence-corrected chi connectivity index (χ3v) is 5.10. The molecular formula is C21H24N6O2. The maximum atomic E-state index is 10.0. The molecule has 4 rings (SSSR count). The lowest BCUT2D eigenvalue weighted by Crippen LogP contribution is -2.52. The van der Waals surface area contributed by atoms with Crippen molar-refractivity contribution < 1.29 is 10.2 Å². The van der Waals surface area contributed by atoms with Crippen molar-refractivity contribution in [1.29, 1.82) is 0 Å². The third-order valence-electron chi connectivity index (χ3n) is 5.10. The highest BCUT2D eigenvalue weighted by Gasteiger charge is 2.27. The fraction of sp³-hybridized carbons (Fsp3) is 0.286. The second kappa shape index (κ2) is 7.92. The number of rotatable bonds is 4. The second-order valence-electron chi connectivity index (χ2n) is 7.27. The molecule has 2 aromatic carbocycles. The zero-order valence-electron chi connectivity index (χ0n) is 16.2. The van der Waals surface area contributed by atoms with Gasteiger partial charge in [0.1, 0.15) is 11.5 Å². The number of hydrogen-bond donors (Lipinski definition) is 3. The van der Waals surface area contributed by atoms with Crippen molar-refractivity contribution in [2.45, 2.75) is 19.5 Å². The van der Waals surface area contributed by atoms with Crippen molar-refractivity contribution in [3.63, 3.8) is 0 Å². The number of nitrogens with two attached hydrogens (primary N) is 1. The Morgan fingerprint density at radius 3 is 2.62 bits per heavy atom. The first-order valence-electron chi connectivity index (χ1n) is 9.56. The van der Waals surface area contributed by atoms with Crippen LogP contribution in [0.25, 0.3) is 11.4 Å². The summed E-state index contributed by atoms with van der Waals surface area (Å²) in [5.74, 6) is 1.59. The number of phenolic OH excluding ortho intramolecular Hbond substituents is 2. The Labute approximate surface area is 169 Å². The summed E-state index contributed by atoms with van der Waals surface area (Å²) in [5, 5.41) is 19.8. The highest BCUT2D eigenvalue weighted by molar-refractivity contribution is 5.60. The van der Waals surface area contributed by atoms with Gasteiger partial charge in [0.05, 0.1) is 0 Å². The zero-order valence-corrected chi connectivity index (χ0v) is 16.2. The van der Waals surface area contributed by atoms with Crippen molar-refractivity contribution in [2.75, 3.05) is 30.3 Å². The van der Waals surface area contributed by atoms with Gasteiger partial charge in [-0.25, -0.2) is 0 Å². The number of nitrogens with zero attached hydrogens (tertiary/aromatic N) is 5.